The number of aryl methyl sites for hydroxylation is 1. The molecular formula is C30H29N2O5-. The minimum atomic E-state index is -1.25. The van der Waals surface area contributed by atoms with Gasteiger partial charge in [0.15, 0.2) is 5.78 Å². The molecule has 0 bridgehead atoms. The number of hydrogen-bond acceptors (Lipinski definition) is 5. The predicted molar refractivity (Wildman–Crippen MR) is 140 cm³/mol. The van der Waals surface area contributed by atoms with Crippen LogP contribution in [0, 0.1) is 12.8 Å². The van der Waals surface area contributed by atoms with Gasteiger partial charge in [-0.05, 0) is 54.3 Å². The van der Waals surface area contributed by atoms with Crippen molar-refractivity contribution in [3.8, 4) is 16.8 Å². The molecule has 4 aromatic rings. The van der Waals surface area contributed by atoms with Gasteiger partial charge in [-0.15, -0.1) is 0 Å². The van der Waals surface area contributed by atoms with Gasteiger partial charge in [0, 0.05) is 23.5 Å². The highest BCUT2D eigenvalue weighted by atomic mass is 16.4. The second kappa shape index (κ2) is 10.8. The summed E-state index contributed by atoms with van der Waals surface area (Å²) in [6, 6.07) is 18.2. The lowest BCUT2D eigenvalue weighted by Crippen LogP contribution is -2.25. The van der Waals surface area contributed by atoms with Crippen molar-refractivity contribution in [1.29, 1.82) is 0 Å². The Bertz CT molecular complexity index is 1490. The summed E-state index contributed by atoms with van der Waals surface area (Å²) in [5.41, 5.74) is 4.49. The predicted octanol–water partition coefficient (Wildman–Crippen LogP) is 5.00. The maximum absolute atomic E-state index is 12.8. The molecule has 0 aliphatic heterocycles. The molecule has 0 fully saturated rings. The molecule has 1 atom stereocenters. The van der Waals surface area contributed by atoms with E-state index >= 15 is 0 Å². The van der Waals surface area contributed by atoms with Gasteiger partial charge in [-0.1, -0.05) is 56.7 Å². The molecular weight excluding hydrogens is 468 g/mol. The summed E-state index contributed by atoms with van der Waals surface area (Å²) in [6.07, 6.45) is 2.27. The molecule has 0 spiro atoms. The molecule has 3 aromatic carbocycles. The van der Waals surface area contributed by atoms with E-state index in [0.717, 1.165) is 29.7 Å². The first-order valence-corrected chi connectivity index (χ1v) is 12.4. The number of aliphatic carboxylic acids is 1. The Balaban J connectivity index is 1.89. The number of carbonyl (C=O) groups excluding carboxylic acids is 2. The Morgan fingerprint density at radius 3 is 2.43 bits per heavy atom. The van der Waals surface area contributed by atoms with Crippen molar-refractivity contribution in [2.24, 2.45) is 5.92 Å². The van der Waals surface area contributed by atoms with Gasteiger partial charge in [0.2, 0.25) is 0 Å². The third-order valence-electron chi connectivity index (χ3n) is 6.66. The maximum Gasteiger partial charge on any atom is 0.304 e. The van der Waals surface area contributed by atoms with E-state index in [2.05, 4.69) is 6.92 Å². The molecule has 0 saturated heterocycles. The lowest BCUT2D eigenvalue weighted by Gasteiger charge is -2.20. The Hall–Kier alpha value is -4.26. The monoisotopic (exact) mass is 497 g/mol. The number of aromatic carboxylic acids is 1. The number of carbonyl (C=O) groups is 3. The number of nitrogens with zero attached hydrogens (tertiary/aromatic N) is 2. The van der Waals surface area contributed by atoms with Crippen LogP contribution < -0.4 is 5.11 Å². The molecule has 37 heavy (non-hydrogen) atoms. The second-order valence-electron chi connectivity index (χ2n) is 9.32. The number of hydrogen-bond donors (Lipinski definition) is 1. The van der Waals surface area contributed by atoms with Gasteiger partial charge in [-0.3, -0.25) is 14.2 Å². The Labute approximate surface area is 215 Å². The Kier molecular flexibility index (Phi) is 7.53. The first-order chi connectivity index (χ1) is 17.7. The topological polar surface area (TPSA) is 112 Å². The normalized spacial score (nSPS) is 12.0. The van der Waals surface area contributed by atoms with Crippen LogP contribution in [0.25, 0.3) is 27.8 Å². The fourth-order valence-corrected chi connectivity index (χ4v) is 4.76. The van der Waals surface area contributed by atoms with Crippen LogP contribution in [-0.2, 0) is 11.2 Å². The number of Topliss-reactive ketones (excluding diaryl/α,β-unsaturated/α-hetero) is 1. The fourth-order valence-electron chi connectivity index (χ4n) is 4.76. The van der Waals surface area contributed by atoms with Crippen molar-refractivity contribution in [2.45, 2.75) is 46.5 Å². The van der Waals surface area contributed by atoms with Crippen LogP contribution in [0.3, 0.4) is 0 Å². The van der Waals surface area contributed by atoms with Crippen molar-refractivity contribution < 1.29 is 24.6 Å². The minimum absolute atomic E-state index is 0.126. The largest absolute Gasteiger partial charge is 0.545 e. The summed E-state index contributed by atoms with van der Waals surface area (Å²) in [4.78, 5) is 41.0. The summed E-state index contributed by atoms with van der Waals surface area (Å²) in [5, 5.41) is 21.4. The number of fused-ring (bicyclic) bond motifs is 1. The van der Waals surface area contributed by atoms with Crippen LogP contribution in [0.15, 0.2) is 60.7 Å². The SMILES string of the molecule is CCCCc1nc2cc(C(=O)C(C)CC(=O)O)ccc2n1-c1ccc(-c2ccccc2)c(C(=O)[O-])c1C. The van der Waals surface area contributed by atoms with Crippen LogP contribution >= 0.6 is 0 Å². The number of aromatic nitrogens is 2. The average Bonchev–Trinajstić information content (AvgIpc) is 3.23. The highest BCUT2D eigenvalue weighted by Crippen LogP contribution is 2.33. The number of imidazole rings is 1. The molecule has 1 heterocycles. The van der Waals surface area contributed by atoms with E-state index in [1.165, 1.54) is 0 Å². The van der Waals surface area contributed by atoms with Crippen LogP contribution in [-0.4, -0.2) is 32.4 Å². The van der Waals surface area contributed by atoms with E-state index in [1.807, 2.05) is 41.0 Å². The standard InChI is InChI=1S/C30H30N2O5/c1-4-5-11-26-31-23-17-21(29(35)18(2)16-27(33)34)12-14-25(23)32(26)24-15-13-22(20-9-7-6-8-10-20)28(19(24)3)30(36)37/h6-10,12-15,17-18H,4-5,11,16H2,1-3H3,(H,33,34)(H,36,37)/p-1. The van der Waals surface area contributed by atoms with Gasteiger partial charge < -0.3 is 15.0 Å². The highest BCUT2D eigenvalue weighted by Gasteiger charge is 2.22. The smallest absolute Gasteiger partial charge is 0.304 e. The summed E-state index contributed by atoms with van der Waals surface area (Å²) in [5.74, 6) is -2.42. The minimum Gasteiger partial charge on any atom is -0.545 e. The molecule has 1 unspecified atom stereocenters. The van der Waals surface area contributed by atoms with Crippen molar-refractivity contribution in [2.75, 3.05) is 0 Å². The number of carboxylic acid groups (broad SMARTS) is 2. The molecule has 0 aliphatic carbocycles. The van der Waals surface area contributed by atoms with Crippen molar-refractivity contribution in [3.05, 3.63) is 83.2 Å². The fraction of sp³-hybridized carbons (Fsp3) is 0.267. The van der Waals surface area contributed by atoms with Gasteiger partial charge in [0.25, 0.3) is 0 Å². The van der Waals surface area contributed by atoms with Gasteiger partial charge in [0.1, 0.15) is 5.82 Å². The Morgan fingerprint density at radius 1 is 1.05 bits per heavy atom. The number of benzene rings is 3. The van der Waals surface area contributed by atoms with Crippen molar-refractivity contribution >= 4 is 28.8 Å². The van der Waals surface area contributed by atoms with Gasteiger partial charge in [0.05, 0.1) is 29.1 Å². The Morgan fingerprint density at radius 2 is 1.78 bits per heavy atom. The van der Waals surface area contributed by atoms with E-state index in [4.69, 9.17) is 10.1 Å². The summed E-state index contributed by atoms with van der Waals surface area (Å²) >= 11 is 0. The van der Waals surface area contributed by atoms with Gasteiger partial charge in [-0.2, -0.15) is 0 Å². The third-order valence-corrected chi connectivity index (χ3v) is 6.66. The zero-order chi connectivity index (χ0) is 26.7. The third kappa shape index (κ3) is 5.16. The van der Waals surface area contributed by atoms with E-state index in [0.29, 0.717) is 34.3 Å². The number of ketones is 1. The zero-order valence-corrected chi connectivity index (χ0v) is 21.2. The molecule has 1 N–H and O–H groups in total. The molecule has 190 valence electrons. The molecule has 0 saturated carbocycles. The lowest BCUT2D eigenvalue weighted by atomic mass is 9.94. The quantitative estimate of drug-likeness (QED) is 0.309. The molecule has 7 heteroatoms. The van der Waals surface area contributed by atoms with Gasteiger partial charge in [-0.25, -0.2) is 4.98 Å². The van der Waals surface area contributed by atoms with Crippen LogP contribution in [0.4, 0.5) is 0 Å². The number of carboxylic acids is 2. The molecule has 0 radical (unpaired) electrons. The highest BCUT2D eigenvalue weighted by molar-refractivity contribution is 6.02. The summed E-state index contributed by atoms with van der Waals surface area (Å²) < 4.78 is 1.95. The molecule has 0 amide bonds. The first kappa shape index (κ1) is 25.8. The number of rotatable bonds is 10. The molecule has 0 aliphatic rings. The lowest BCUT2D eigenvalue weighted by molar-refractivity contribution is -0.255. The van der Waals surface area contributed by atoms with E-state index in [-0.39, 0.29) is 17.8 Å². The van der Waals surface area contributed by atoms with Crippen molar-refractivity contribution in [1.82, 2.24) is 9.55 Å². The molecule has 4 rings (SSSR count). The molecule has 1 aromatic heterocycles. The van der Waals surface area contributed by atoms with E-state index in [9.17, 15) is 19.5 Å². The summed E-state index contributed by atoms with van der Waals surface area (Å²) in [6.45, 7) is 5.46. The zero-order valence-electron chi connectivity index (χ0n) is 21.2. The van der Waals surface area contributed by atoms with E-state index < -0.39 is 17.9 Å². The van der Waals surface area contributed by atoms with Gasteiger partial charge >= 0.3 is 5.97 Å². The average molecular weight is 498 g/mol. The van der Waals surface area contributed by atoms with Crippen LogP contribution in [0.2, 0.25) is 0 Å². The maximum atomic E-state index is 12.8. The number of unbranched alkanes of at least 4 members (excludes halogenated alkanes) is 1. The first-order valence-electron chi connectivity index (χ1n) is 12.4. The molecule has 7 nitrogen and oxygen atoms in total. The van der Waals surface area contributed by atoms with Crippen molar-refractivity contribution in [3.63, 3.8) is 0 Å². The van der Waals surface area contributed by atoms with Crippen LogP contribution in [0.1, 0.15) is 65.2 Å². The second-order valence-corrected chi connectivity index (χ2v) is 9.32. The summed E-state index contributed by atoms with van der Waals surface area (Å²) in [7, 11) is 0. The van der Waals surface area contributed by atoms with Crippen LogP contribution in [0.5, 0.6) is 0 Å². The van der Waals surface area contributed by atoms with E-state index in [1.54, 1.807) is 38.1 Å².